The van der Waals surface area contributed by atoms with Crippen LogP contribution in [0.4, 0.5) is 8.78 Å². The maximum atomic E-state index is 13.9. The third-order valence-corrected chi connectivity index (χ3v) is 6.93. The molecule has 0 saturated carbocycles. The molecule has 1 heterocycles. The Morgan fingerprint density at radius 1 is 0.923 bits per heavy atom. The van der Waals surface area contributed by atoms with E-state index in [0.29, 0.717) is 17.1 Å². The molecule has 0 aliphatic rings. The maximum Gasteiger partial charge on any atom is 0.303 e. The van der Waals surface area contributed by atoms with Crippen LogP contribution < -0.4 is 5.73 Å². The van der Waals surface area contributed by atoms with E-state index in [9.17, 15) is 31.6 Å². The number of carboxylic acid groups (broad SMARTS) is 1. The van der Waals surface area contributed by atoms with Crippen LogP contribution in [-0.4, -0.2) is 46.9 Å². The lowest BCUT2D eigenvalue weighted by molar-refractivity contribution is -0.136. The van der Waals surface area contributed by atoms with Crippen LogP contribution in [0, 0.1) is 11.6 Å². The molecule has 4 N–H and O–H groups in total. The number of nitrogens with two attached hydrogens (primary N) is 1. The minimum absolute atomic E-state index is 0.111. The van der Waals surface area contributed by atoms with Crippen LogP contribution >= 0.6 is 0 Å². The number of sulfonamides is 1. The molecule has 10 nitrogen and oxygen atoms in total. The van der Waals surface area contributed by atoms with Gasteiger partial charge in [-0.25, -0.2) is 13.8 Å². The number of hydrogen-bond acceptors (Lipinski definition) is 6. The van der Waals surface area contributed by atoms with Crippen LogP contribution in [-0.2, 0) is 14.8 Å². The zero-order valence-electron chi connectivity index (χ0n) is 20.0. The van der Waals surface area contributed by atoms with Crippen molar-refractivity contribution in [2.24, 2.45) is 10.1 Å². The highest BCUT2D eigenvalue weighted by Gasteiger charge is 2.34. The first-order valence-electron chi connectivity index (χ1n) is 11.3. The van der Waals surface area contributed by atoms with Gasteiger partial charge in [-0.2, -0.15) is 8.42 Å². The van der Waals surface area contributed by atoms with Crippen LogP contribution in [0.15, 0.2) is 76.0 Å². The van der Waals surface area contributed by atoms with E-state index in [-0.39, 0.29) is 17.8 Å². The fraction of sp³-hybridized carbons (Fsp3) is 0.115. The summed E-state index contributed by atoms with van der Waals surface area (Å²) in [5.41, 5.74) is 5.81. The molecule has 3 aromatic carbocycles. The number of aromatic amines is 1. The van der Waals surface area contributed by atoms with Crippen LogP contribution in [0.5, 0.6) is 0 Å². The summed E-state index contributed by atoms with van der Waals surface area (Å²) in [7, 11) is -4.45. The van der Waals surface area contributed by atoms with E-state index in [4.69, 9.17) is 10.8 Å². The number of ketones is 2. The molecule has 4 rings (SSSR count). The first-order chi connectivity index (χ1) is 18.4. The summed E-state index contributed by atoms with van der Waals surface area (Å²) in [6.07, 6.45) is -0.759. The van der Waals surface area contributed by atoms with Crippen molar-refractivity contribution in [3.8, 4) is 0 Å². The second kappa shape index (κ2) is 10.9. The molecule has 0 spiro atoms. The Balaban J connectivity index is 1.77. The largest absolute Gasteiger partial charge is 0.481 e. The molecule has 0 amide bonds. The fourth-order valence-corrected chi connectivity index (χ4v) is 4.84. The summed E-state index contributed by atoms with van der Waals surface area (Å²) in [5.74, 6) is -7.39. The smallest absolute Gasteiger partial charge is 0.303 e. The third-order valence-electron chi connectivity index (χ3n) is 5.60. The molecule has 13 heteroatoms. The number of carbonyl (C=O) groups excluding carboxylic acids is 2. The molecule has 0 fully saturated rings. The average Bonchev–Trinajstić information content (AvgIpc) is 3.30. The van der Waals surface area contributed by atoms with Crippen molar-refractivity contribution in [2.45, 2.75) is 23.7 Å². The van der Waals surface area contributed by atoms with E-state index in [0.717, 1.165) is 24.3 Å². The van der Waals surface area contributed by atoms with Gasteiger partial charge in [0.2, 0.25) is 0 Å². The molecule has 0 radical (unpaired) electrons. The Kier molecular flexibility index (Phi) is 7.63. The lowest BCUT2D eigenvalue weighted by atomic mass is 9.89. The van der Waals surface area contributed by atoms with Gasteiger partial charge in [0.05, 0.1) is 22.3 Å². The number of carbonyl (C=O) groups is 3. The molecule has 1 aromatic heterocycles. The number of aromatic nitrogens is 2. The summed E-state index contributed by atoms with van der Waals surface area (Å²) >= 11 is 0. The standard InChI is InChI=1S/C26H20F2N4O6S/c27-16-10-15(11-17(28)13-16)25(36)23(26-30-19-6-1-2-7-20(19)31-26)24(35)14-4-3-5-18(12-14)39(37,38)32-21(29)8-9-22(33)34/h1-7,10-13,23H,8-9H2,(H2,29,32)(H,30,31)(H,33,34). The number of aliphatic carboxylic acids is 1. The van der Waals surface area contributed by atoms with Crippen molar-refractivity contribution in [1.82, 2.24) is 9.97 Å². The minimum Gasteiger partial charge on any atom is -0.481 e. The van der Waals surface area contributed by atoms with E-state index >= 15 is 0 Å². The van der Waals surface area contributed by atoms with Crippen molar-refractivity contribution in [1.29, 1.82) is 0 Å². The summed E-state index contributed by atoms with van der Waals surface area (Å²) in [6, 6.07) is 13.4. The van der Waals surface area contributed by atoms with Gasteiger partial charge in [-0.3, -0.25) is 14.4 Å². The molecule has 0 aliphatic heterocycles. The van der Waals surface area contributed by atoms with Gasteiger partial charge in [0, 0.05) is 23.6 Å². The first kappa shape index (κ1) is 27.3. The molecule has 0 bridgehead atoms. The topological polar surface area (TPSA) is 173 Å². The number of amidine groups is 1. The van der Waals surface area contributed by atoms with Gasteiger partial charge in [-0.15, -0.1) is 4.40 Å². The monoisotopic (exact) mass is 554 g/mol. The number of carboxylic acids is 1. The zero-order valence-corrected chi connectivity index (χ0v) is 20.8. The summed E-state index contributed by atoms with van der Waals surface area (Å²) in [6.45, 7) is 0. The number of halogens is 2. The second-order valence-corrected chi connectivity index (χ2v) is 10.0. The number of H-pyrrole nitrogens is 1. The third kappa shape index (κ3) is 6.21. The van der Waals surface area contributed by atoms with Crippen molar-refractivity contribution in [2.75, 3.05) is 0 Å². The predicted molar refractivity (Wildman–Crippen MR) is 136 cm³/mol. The molecule has 1 unspecified atom stereocenters. The van der Waals surface area contributed by atoms with Crippen LogP contribution in [0.1, 0.15) is 45.3 Å². The van der Waals surface area contributed by atoms with E-state index < -0.39 is 67.8 Å². The van der Waals surface area contributed by atoms with Gasteiger partial charge < -0.3 is 15.8 Å². The summed E-state index contributed by atoms with van der Waals surface area (Å²) < 4.78 is 56.7. The Labute approximate surface area is 220 Å². The number of imidazole rings is 1. The number of rotatable bonds is 10. The maximum absolute atomic E-state index is 13.9. The summed E-state index contributed by atoms with van der Waals surface area (Å²) in [5, 5.41) is 8.75. The van der Waals surface area contributed by atoms with Crippen LogP contribution in [0.3, 0.4) is 0 Å². The van der Waals surface area contributed by atoms with Crippen molar-refractivity contribution in [3.63, 3.8) is 0 Å². The van der Waals surface area contributed by atoms with E-state index in [1.165, 1.54) is 12.1 Å². The zero-order chi connectivity index (χ0) is 28.3. The number of nitrogens with one attached hydrogen (secondary N) is 1. The van der Waals surface area contributed by atoms with E-state index in [1.54, 1.807) is 24.3 Å². The van der Waals surface area contributed by atoms with E-state index in [1.807, 2.05) is 0 Å². The number of hydrogen-bond donors (Lipinski definition) is 3. The highest BCUT2D eigenvalue weighted by molar-refractivity contribution is 7.90. The average molecular weight is 555 g/mol. The van der Waals surface area contributed by atoms with E-state index in [2.05, 4.69) is 14.4 Å². The molecule has 1 atom stereocenters. The number of benzene rings is 3. The summed E-state index contributed by atoms with van der Waals surface area (Å²) in [4.78, 5) is 44.6. The quantitative estimate of drug-likeness (QED) is 0.115. The van der Waals surface area contributed by atoms with Gasteiger partial charge in [0.1, 0.15) is 29.2 Å². The van der Waals surface area contributed by atoms with Gasteiger partial charge in [-0.1, -0.05) is 24.3 Å². The van der Waals surface area contributed by atoms with Gasteiger partial charge >= 0.3 is 5.97 Å². The van der Waals surface area contributed by atoms with Crippen molar-refractivity contribution >= 4 is 44.4 Å². The molecule has 0 aliphatic carbocycles. The Morgan fingerprint density at radius 3 is 2.26 bits per heavy atom. The molecule has 0 saturated heterocycles. The number of fused-ring (bicyclic) bond motifs is 1. The molecule has 200 valence electrons. The van der Waals surface area contributed by atoms with Crippen molar-refractivity contribution in [3.05, 3.63) is 95.3 Å². The first-order valence-corrected chi connectivity index (χ1v) is 12.8. The van der Waals surface area contributed by atoms with Crippen LogP contribution in [0.2, 0.25) is 0 Å². The van der Waals surface area contributed by atoms with Crippen molar-refractivity contribution < 1.29 is 36.7 Å². The lowest BCUT2D eigenvalue weighted by Gasteiger charge is -2.14. The molecule has 4 aromatic rings. The highest BCUT2D eigenvalue weighted by Crippen LogP contribution is 2.28. The predicted octanol–water partition coefficient (Wildman–Crippen LogP) is 3.60. The normalized spacial score (nSPS) is 12.8. The molecular weight excluding hydrogens is 534 g/mol. The highest BCUT2D eigenvalue weighted by atomic mass is 32.2. The van der Waals surface area contributed by atoms with Gasteiger partial charge in [0.25, 0.3) is 10.0 Å². The molecular formula is C26H20F2N4O6S. The molecule has 39 heavy (non-hydrogen) atoms. The SMILES string of the molecule is NC(CCC(=O)O)=NS(=O)(=O)c1cccc(C(=O)C(C(=O)c2cc(F)cc(F)c2)c2nc3ccccc3[nH]2)c1. The van der Waals surface area contributed by atoms with Gasteiger partial charge in [0.15, 0.2) is 11.6 Å². The minimum atomic E-state index is -4.45. The number of Topliss-reactive ketones (excluding diaryl/α,β-unsaturated/α-hetero) is 2. The number of para-hydroxylation sites is 2. The van der Waals surface area contributed by atoms with Gasteiger partial charge in [-0.05, 0) is 36.4 Å². The second-order valence-electron chi connectivity index (χ2n) is 8.44. The Hall–Kier alpha value is -4.78. The Bertz CT molecular complexity index is 1700. The Morgan fingerprint density at radius 2 is 1.59 bits per heavy atom. The number of nitrogens with zero attached hydrogens (tertiary/aromatic N) is 2. The lowest BCUT2D eigenvalue weighted by Crippen LogP contribution is -2.24. The fourth-order valence-electron chi connectivity index (χ4n) is 3.80. The van der Waals surface area contributed by atoms with Crippen LogP contribution in [0.25, 0.3) is 11.0 Å².